The van der Waals surface area contributed by atoms with E-state index in [0.717, 1.165) is 5.56 Å². The van der Waals surface area contributed by atoms with Crippen LogP contribution in [0.5, 0.6) is 0 Å². The van der Waals surface area contributed by atoms with Gasteiger partial charge in [-0.15, -0.1) is 0 Å². The van der Waals surface area contributed by atoms with Crippen LogP contribution < -0.4 is 0 Å². The second-order valence-corrected chi connectivity index (χ2v) is 10.7. The molecule has 1 N–H and O–H groups in total. The van der Waals surface area contributed by atoms with E-state index in [0.29, 0.717) is 25.0 Å². The zero-order chi connectivity index (χ0) is 23.2. The van der Waals surface area contributed by atoms with Crippen molar-refractivity contribution in [3.63, 3.8) is 0 Å². The lowest BCUT2D eigenvalue weighted by Gasteiger charge is -2.68. The predicted octanol–water partition coefficient (Wildman–Crippen LogP) is 2.51. The maximum absolute atomic E-state index is 13.1. The van der Waals surface area contributed by atoms with E-state index in [1.165, 1.54) is 13.8 Å². The average Bonchev–Trinajstić information content (AvgIpc) is 3.29. The minimum absolute atomic E-state index is 0.289. The van der Waals surface area contributed by atoms with Gasteiger partial charge in [0.2, 0.25) is 0 Å². The first-order valence-corrected chi connectivity index (χ1v) is 11.3. The number of aliphatic hydroxyl groups is 1. The highest BCUT2D eigenvalue weighted by atomic mass is 16.6. The molecule has 3 aliphatic carbocycles. The van der Waals surface area contributed by atoms with Gasteiger partial charge in [0.1, 0.15) is 23.6 Å². The molecule has 3 fully saturated rings. The zero-order valence-corrected chi connectivity index (χ0v) is 19.0. The number of carbonyl (C=O) groups is 3. The van der Waals surface area contributed by atoms with E-state index in [-0.39, 0.29) is 11.8 Å². The van der Waals surface area contributed by atoms with Crippen LogP contribution in [-0.4, -0.2) is 46.9 Å². The summed E-state index contributed by atoms with van der Waals surface area (Å²) >= 11 is 0. The maximum atomic E-state index is 13.1. The van der Waals surface area contributed by atoms with Crippen molar-refractivity contribution in [3.05, 3.63) is 23.7 Å². The van der Waals surface area contributed by atoms with Gasteiger partial charge in [-0.1, -0.05) is 20.8 Å². The molecule has 32 heavy (non-hydrogen) atoms. The molecular weight excluding hydrogens is 416 g/mol. The summed E-state index contributed by atoms with van der Waals surface area (Å²) in [6.45, 7) is 8.42. The van der Waals surface area contributed by atoms with Crippen molar-refractivity contribution in [1.29, 1.82) is 0 Å². The van der Waals surface area contributed by atoms with Gasteiger partial charge in [0.05, 0.1) is 12.2 Å². The van der Waals surface area contributed by atoms with Crippen LogP contribution in [0.4, 0.5) is 0 Å². The first kappa shape index (κ1) is 21.5. The van der Waals surface area contributed by atoms with Crippen molar-refractivity contribution in [2.45, 2.75) is 83.7 Å². The lowest BCUT2D eigenvalue weighted by molar-refractivity contribution is -0.331. The van der Waals surface area contributed by atoms with Gasteiger partial charge in [-0.2, -0.15) is 0 Å². The molecule has 0 aromatic carbocycles. The van der Waals surface area contributed by atoms with Crippen LogP contribution in [0.25, 0.3) is 0 Å². The molecule has 1 aromatic rings. The number of furan rings is 1. The molecule has 1 aliphatic heterocycles. The van der Waals surface area contributed by atoms with Gasteiger partial charge in [-0.05, 0) is 30.2 Å². The molecule has 0 radical (unpaired) electrons. The van der Waals surface area contributed by atoms with Crippen molar-refractivity contribution in [1.82, 2.24) is 0 Å². The number of fused-ring (bicyclic) bond motifs is 4. The van der Waals surface area contributed by atoms with Crippen molar-refractivity contribution >= 4 is 17.9 Å². The summed E-state index contributed by atoms with van der Waals surface area (Å²) in [5, 5.41) is 12.6. The Hall–Kier alpha value is -2.35. The van der Waals surface area contributed by atoms with Crippen LogP contribution in [-0.2, 0) is 35.0 Å². The maximum Gasteiger partial charge on any atom is 0.314 e. The highest BCUT2D eigenvalue weighted by Crippen LogP contribution is 2.69. The Labute approximate surface area is 186 Å². The molecule has 2 saturated carbocycles. The Bertz CT molecular complexity index is 994. The molecule has 2 heterocycles. The summed E-state index contributed by atoms with van der Waals surface area (Å²) in [6, 6.07) is 1.79. The van der Waals surface area contributed by atoms with Crippen LogP contribution in [0, 0.1) is 22.7 Å². The molecule has 0 amide bonds. The molecule has 174 valence electrons. The van der Waals surface area contributed by atoms with Gasteiger partial charge in [0, 0.05) is 37.2 Å². The summed E-state index contributed by atoms with van der Waals surface area (Å²) in [6.07, 6.45) is 0.638. The minimum Gasteiger partial charge on any atom is -0.469 e. The van der Waals surface area contributed by atoms with Crippen molar-refractivity contribution in [3.8, 4) is 0 Å². The quantitative estimate of drug-likeness (QED) is 0.545. The van der Waals surface area contributed by atoms with Crippen molar-refractivity contribution in [2.24, 2.45) is 22.7 Å². The summed E-state index contributed by atoms with van der Waals surface area (Å²) in [7, 11) is 0. The number of carbonyl (C=O) groups excluding carboxylic acids is 3. The van der Waals surface area contributed by atoms with Crippen LogP contribution >= 0.6 is 0 Å². The molecular formula is C24H30O8. The van der Waals surface area contributed by atoms with Gasteiger partial charge in [-0.25, -0.2) is 0 Å². The molecule has 0 bridgehead atoms. The third-order valence-electron chi connectivity index (χ3n) is 8.89. The molecule has 8 heteroatoms. The average molecular weight is 446 g/mol. The standard InChI is InChI=1S/C24H30O8/c1-11(25)30-16-6-8-22(3,4)24(28)20(31-12(2)26)19-18-14(23(16,24)5)10-15-13(7-9-29-15)17(18)21(27)32-19/h7,9,14,16-20,28H,6,8,10H2,1-5H3. The molecule has 1 saturated heterocycles. The number of hydrogen-bond donors (Lipinski definition) is 1. The fourth-order valence-electron chi connectivity index (χ4n) is 7.55. The number of rotatable bonds is 2. The smallest absolute Gasteiger partial charge is 0.314 e. The van der Waals surface area contributed by atoms with E-state index in [2.05, 4.69) is 0 Å². The summed E-state index contributed by atoms with van der Waals surface area (Å²) in [5.41, 5.74) is -2.56. The van der Waals surface area contributed by atoms with Crippen LogP contribution in [0.2, 0.25) is 0 Å². The first-order valence-electron chi connectivity index (χ1n) is 11.3. The molecule has 8 atom stereocenters. The molecule has 1 aromatic heterocycles. The monoisotopic (exact) mass is 446 g/mol. The van der Waals surface area contributed by atoms with E-state index in [9.17, 15) is 19.5 Å². The Balaban J connectivity index is 1.77. The topological polar surface area (TPSA) is 112 Å². The van der Waals surface area contributed by atoms with Gasteiger partial charge >= 0.3 is 17.9 Å². The van der Waals surface area contributed by atoms with Gasteiger partial charge in [0.25, 0.3) is 0 Å². The van der Waals surface area contributed by atoms with Gasteiger partial charge < -0.3 is 23.7 Å². The number of ether oxygens (including phenoxy) is 3. The van der Waals surface area contributed by atoms with E-state index in [1.54, 1.807) is 12.3 Å². The van der Waals surface area contributed by atoms with Crippen LogP contribution in [0.3, 0.4) is 0 Å². The molecule has 8 unspecified atom stereocenters. The molecule has 0 spiro atoms. The second kappa shape index (κ2) is 6.59. The Kier molecular flexibility index (Phi) is 4.43. The minimum atomic E-state index is -1.62. The van der Waals surface area contributed by atoms with E-state index >= 15 is 0 Å². The lowest BCUT2D eigenvalue weighted by atomic mass is 9.39. The first-order chi connectivity index (χ1) is 14.9. The number of hydrogen-bond acceptors (Lipinski definition) is 8. The van der Waals surface area contributed by atoms with E-state index in [4.69, 9.17) is 18.6 Å². The van der Waals surface area contributed by atoms with Crippen molar-refractivity contribution < 1.29 is 38.1 Å². The Morgan fingerprint density at radius 2 is 1.84 bits per heavy atom. The van der Waals surface area contributed by atoms with Gasteiger partial charge in [0.15, 0.2) is 6.10 Å². The Morgan fingerprint density at radius 3 is 2.50 bits per heavy atom. The fraction of sp³-hybridized carbons (Fsp3) is 0.708. The van der Waals surface area contributed by atoms with Gasteiger partial charge in [-0.3, -0.25) is 14.4 Å². The highest BCUT2D eigenvalue weighted by Gasteiger charge is 2.79. The largest absolute Gasteiger partial charge is 0.469 e. The van der Waals surface area contributed by atoms with E-state index < -0.39 is 58.6 Å². The summed E-state index contributed by atoms with van der Waals surface area (Å²) in [4.78, 5) is 37.4. The fourth-order valence-corrected chi connectivity index (χ4v) is 7.55. The third kappa shape index (κ3) is 2.44. The second-order valence-electron chi connectivity index (χ2n) is 10.7. The molecule has 4 aliphatic rings. The van der Waals surface area contributed by atoms with Crippen molar-refractivity contribution in [2.75, 3.05) is 0 Å². The molecule has 5 rings (SSSR count). The lowest BCUT2D eigenvalue weighted by Crippen LogP contribution is -2.79. The summed E-state index contributed by atoms with van der Waals surface area (Å²) < 4.78 is 23.2. The highest BCUT2D eigenvalue weighted by molar-refractivity contribution is 5.82. The zero-order valence-electron chi connectivity index (χ0n) is 19.0. The summed E-state index contributed by atoms with van der Waals surface area (Å²) in [5.74, 6) is -1.92. The Morgan fingerprint density at radius 1 is 1.16 bits per heavy atom. The normalized spacial score (nSPS) is 43.4. The molecule has 8 nitrogen and oxygen atoms in total. The van der Waals surface area contributed by atoms with Crippen LogP contribution in [0.1, 0.15) is 64.7 Å². The third-order valence-corrected chi connectivity index (χ3v) is 8.89. The van der Waals surface area contributed by atoms with Crippen LogP contribution in [0.15, 0.2) is 16.7 Å². The number of esters is 3. The van der Waals surface area contributed by atoms with E-state index in [1.807, 2.05) is 20.8 Å². The predicted molar refractivity (Wildman–Crippen MR) is 109 cm³/mol. The SMILES string of the molecule is CC(=O)OC1CCC(C)(C)C2(O)C(OC(C)=O)C3OC(=O)C4c5ccoc5CC(C43)C12C.